The van der Waals surface area contributed by atoms with E-state index in [1.807, 2.05) is 12.1 Å². The normalized spacial score (nSPS) is 12.8. The summed E-state index contributed by atoms with van der Waals surface area (Å²) >= 11 is 0. The first kappa shape index (κ1) is 45.7. The van der Waals surface area contributed by atoms with Crippen molar-refractivity contribution in [3.05, 3.63) is 48.0 Å². The summed E-state index contributed by atoms with van der Waals surface area (Å²) in [5.74, 6) is 0.239. The molecule has 0 fully saturated rings. The average Bonchev–Trinajstić information content (AvgIpc) is 3.59. The van der Waals surface area contributed by atoms with Crippen LogP contribution in [-0.4, -0.2) is 101 Å². The van der Waals surface area contributed by atoms with Gasteiger partial charge in [0.05, 0.1) is 12.1 Å². The van der Waals surface area contributed by atoms with Crippen LogP contribution in [0.25, 0.3) is 0 Å². The molecular formula is C43H66N12O3. The van der Waals surface area contributed by atoms with Crippen molar-refractivity contribution < 1.29 is 14.4 Å². The maximum Gasteiger partial charge on any atom is 0.258 e. The average molecular weight is 799 g/mol. The number of rotatable bonds is 29. The molecule has 2 amide bonds. The Kier molecular flexibility index (Phi) is 20.0. The summed E-state index contributed by atoms with van der Waals surface area (Å²) in [6, 6.07) is 10.9. The van der Waals surface area contributed by atoms with Crippen molar-refractivity contribution in [3.8, 4) is 0 Å². The van der Waals surface area contributed by atoms with Crippen molar-refractivity contribution in [1.82, 2.24) is 24.8 Å². The van der Waals surface area contributed by atoms with Crippen molar-refractivity contribution in [2.45, 2.75) is 111 Å². The highest BCUT2D eigenvalue weighted by Crippen LogP contribution is 2.27. The number of fused-ring (bicyclic) bond motifs is 1. The van der Waals surface area contributed by atoms with Crippen LogP contribution in [0.5, 0.6) is 0 Å². The molecular weight excluding hydrogens is 733 g/mol. The molecule has 1 aromatic heterocycles. The SMILES string of the molecule is CCCCN(CCCC)CCCNc1nc(NCCCN(CCCC)CCCC)nc(Nc2ccc(N=NC(C(C)=O)C(=O)Nc3ccc4c(c3)NC(=O)C4)cc2)n1. The molecule has 1 aliphatic rings. The van der Waals surface area contributed by atoms with E-state index < -0.39 is 17.7 Å². The molecule has 0 bridgehead atoms. The van der Waals surface area contributed by atoms with Gasteiger partial charge >= 0.3 is 0 Å². The lowest BCUT2D eigenvalue weighted by Crippen LogP contribution is -2.31. The van der Waals surface area contributed by atoms with Crippen molar-refractivity contribution in [3.63, 3.8) is 0 Å². The van der Waals surface area contributed by atoms with Gasteiger partial charge in [-0.05, 0) is 127 Å². The van der Waals surface area contributed by atoms with Crippen LogP contribution in [0, 0.1) is 0 Å². The highest BCUT2D eigenvalue weighted by atomic mass is 16.2. The zero-order chi connectivity index (χ0) is 41.5. The second-order valence-corrected chi connectivity index (χ2v) is 15.0. The van der Waals surface area contributed by atoms with Gasteiger partial charge in [0.25, 0.3) is 5.91 Å². The number of ketones is 1. The van der Waals surface area contributed by atoms with E-state index in [-0.39, 0.29) is 5.91 Å². The molecule has 58 heavy (non-hydrogen) atoms. The maximum atomic E-state index is 13.0. The number of hydrogen-bond donors (Lipinski definition) is 5. The third-order valence-corrected chi connectivity index (χ3v) is 9.86. The topological polar surface area (TPSA) is 181 Å². The Morgan fingerprint density at radius 1 is 0.707 bits per heavy atom. The molecule has 3 aromatic rings. The Bertz CT molecular complexity index is 1690. The predicted octanol–water partition coefficient (Wildman–Crippen LogP) is 8.20. The van der Waals surface area contributed by atoms with E-state index >= 15 is 0 Å². The van der Waals surface area contributed by atoms with Gasteiger partial charge in [-0.25, -0.2) is 0 Å². The predicted molar refractivity (Wildman–Crippen MR) is 235 cm³/mol. The molecule has 0 radical (unpaired) electrons. The van der Waals surface area contributed by atoms with Crippen LogP contribution in [0.3, 0.4) is 0 Å². The van der Waals surface area contributed by atoms with Crippen LogP contribution in [0.15, 0.2) is 52.7 Å². The minimum atomic E-state index is -1.34. The first-order chi connectivity index (χ1) is 28.2. The molecule has 2 aromatic carbocycles. The van der Waals surface area contributed by atoms with Gasteiger partial charge in [-0.3, -0.25) is 14.4 Å². The third kappa shape index (κ3) is 16.1. The van der Waals surface area contributed by atoms with Gasteiger partial charge in [0.15, 0.2) is 5.78 Å². The summed E-state index contributed by atoms with van der Waals surface area (Å²) in [6.07, 6.45) is 11.9. The fraction of sp³-hybridized carbons (Fsp3) is 0.581. The fourth-order valence-electron chi connectivity index (χ4n) is 6.48. The van der Waals surface area contributed by atoms with E-state index in [1.54, 1.807) is 30.3 Å². The van der Waals surface area contributed by atoms with Gasteiger partial charge in [0, 0.05) is 30.2 Å². The molecule has 2 heterocycles. The van der Waals surface area contributed by atoms with Gasteiger partial charge < -0.3 is 36.4 Å². The number of hydrogen-bond acceptors (Lipinski definition) is 13. The summed E-state index contributed by atoms with van der Waals surface area (Å²) in [4.78, 5) is 56.4. The number of nitrogens with one attached hydrogen (secondary N) is 5. The number of aromatic nitrogens is 3. The smallest absolute Gasteiger partial charge is 0.258 e. The van der Waals surface area contributed by atoms with Crippen LogP contribution < -0.4 is 26.6 Å². The van der Waals surface area contributed by atoms with Crippen LogP contribution >= 0.6 is 0 Å². The molecule has 15 nitrogen and oxygen atoms in total. The van der Waals surface area contributed by atoms with Crippen LogP contribution in [0.1, 0.15) is 104 Å². The second kappa shape index (κ2) is 25.4. The number of amides is 2. The number of Topliss-reactive ketones (excluding diaryl/α,β-unsaturated/α-hetero) is 1. The van der Waals surface area contributed by atoms with Gasteiger partial charge in [0.1, 0.15) is 0 Å². The molecule has 4 rings (SSSR count). The largest absolute Gasteiger partial charge is 0.354 e. The minimum Gasteiger partial charge on any atom is -0.354 e. The Morgan fingerprint density at radius 2 is 1.21 bits per heavy atom. The summed E-state index contributed by atoms with van der Waals surface area (Å²) in [5, 5.41) is 23.9. The van der Waals surface area contributed by atoms with E-state index in [0.717, 1.165) is 76.5 Å². The highest BCUT2D eigenvalue weighted by Gasteiger charge is 2.24. The van der Waals surface area contributed by atoms with E-state index in [1.165, 1.54) is 58.3 Å². The first-order valence-corrected chi connectivity index (χ1v) is 21.4. The molecule has 15 heteroatoms. The summed E-state index contributed by atoms with van der Waals surface area (Å²) in [7, 11) is 0. The monoisotopic (exact) mass is 799 g/mol. The summed E-state index contributed by atoms with van der Waals surface area (Å²) in [5.41, 5.74) is 3.12. The summed E-state index contributed by atoms with van der Waals surface area (Å²) < 4.78 is 0. The minimum absolute atomic E-state index is 0.103. The number of unbranched alkanes of at least 4 members (excludes halogenated alkanes) is 4. The number of anilines is 6. The van der Waals surface area contributed by atoms with Crippen molar-refractivity contribution in [1.29, 1.82) is 0 Å². The van der Waals surface area contributed by atoms with E-state index in [9.17, 15) is 14.4 Å². The van der Waals surface area contributed by atoms with Gasteiger partial charge in [-0.1, -0.05) is 59.4 Å². The Labute approximate surface area is 345 Å². The molecule has 1 aliphatic heterocycles. The lowest BCUT2D eigenvalue weighted by molar-refractivity contribution is -0.126. The fourth-order valence-corrected chi connectivity index (χ4v) is 6.48. The molecule has 0 saturated carbocycles. The molecule has 0 aliphatic carbocycles. The molecule has 1 unspecified atom stereocenters. The molecule has 0 saturated heterocycles. The van der Waals surface area contributed by atoms with Crippen molar-refractivity contribution >= 4 is 58.2 Å². The summed E-state index contributed by atoms with van der Waals surface area (Å²) in [6.45, 7) is 18.3. The van der Waals surface area contributed by atoms with Crippen LogP contribution in [0.2, 0.25) is 0 Å². The zero-order valence-electron chi connectivity index (χ0n) is 35.4. The van der Waals surface area contributed by atoms with Crippen LogP contribution in [0.4, 0.5) is 40.6 Å². The number of nitrogens with zero attached hydrogens (tertiary/aromatic N) is 7. The number of carbonyl (C=O) groups is 3. The molecule has 1 atom stereocenters. The third-order valence-electron chi connectivity index (χ3n) is 9.86. The van der Waals surface area contributed by atoms with Gasteiger partial charge in [-0.15, -0.1) is 0 Å². The van der Waals surface area contributed by atoms with Crippen LogP contribution in [-0.2, 0) is 20.8 Å². The number of benzene rings is 2. The number of azo groups is 1. The highest BCUT2D eigenvalue weighted by molar-refractivity contribution is 6.10. The molecule has 5 N–H and O–H groups in total. The second-order valence-electron chi connectivity index (χ2n) is 15.0. The Balaban J connectivity index is 1.39. The maximum absolute atomic E-state index is 13.0. The van der Waals surface area contributed by atoms with E-state index in [0.29, 0.717) is 41.3 Å². The standard InChI is InChI=1S/C43H66N12O3/c1-6-10-24-54(25-11-7-2)28-14-22-44-41-49-42(45-23-15-29-55(26-12-8-3)27-13-9-4)51-43(50-41)47-34-18-20-35(21-19-34)52-53-39(32(5)56)40(58)46-36-17-16-33-30-38(57)48-37(33)31-36/h16-21,31,39H,6-15,22-30H2,1-5H3,(H,46,58)(H,48,57)(H3,44,45,47,49,50,51). The first-order valence-electron chi connectivity index (χ1n) is 21.4. The van der Waals surface area contributed by atoms with Crippen molar-refractivity contribution in [2.75, 3.05) is 78.9 Å². The zero-order valence-corrected chi connectivity index (χ0v) is 35.4. The van der Waals surface area contributed by atoms with Crippen molar-refractivity contribution in [2.24, 2.45) is 10.2 Å². The van der Waals surface area contributed by atoms with E-state index in [2.05, 4.69) is 74.3 Å². The Hall–Kier alpha value is -5.02. The number of carbonyl (C=O) groups excluding carboxylic acids is 3. The van der Waals surface area contributed by atoms with Gasteiger partial charge in [-0.2, -0.15) is 25.2 Å². The molecule has 0 spiro atoms. The van der Waals surface area contributed by atoms with Gasteiger partial charge in [0.2, 0.25) is 29.8 Å². The van der Waals surface area contributed by atoms with E-state index in [4.69, 9.17) is 15.0 Å². The lowest BCUT2D eigenvalue weighted by Gasteiger charge is -2.22. The lowest BCUT2D eigenvalue weighted by atomic mass is 10.1. The quantitative estimate of drug-likeness (QED) is 0.0260. The Morgan fingerprint density at radius 3 is 1.72 bits per heavy atom. The molecule has 316 valence electrons.